The zero-order valence-corrected chi connectivity index (χ0v) is 1.87. The molecule has 4 heteroatoms. The Bertz CT molecular complexity index is 3.25. The molecule has 0 nitrogen and oxygen atoms in total. The Morgan fingerprint density at radius 1 is 0.500 bits per heavy atom. The zero-order valence-electron chi connectivity index (χ0n) is 0.316. The molecule has 0 spiro atoms. The predicted molar refractivity (Wildman–Crippen MR) is 29.8 cm³/mol. The summed E-state index contributed by atoms with van der Waals surface area (Å²) >= 11 is 0. The van der Waals surface area contributed by atoms with Crippen molar-refractivity contribution in [2.24, 2.45) is 0 Å². The van der Waals surface area contributed by atoms with Crippen LogP contribution in [0, 0.1) is 0 Å². The maximum atomic E-state index is 0. The molecule has 4 heavy (non-hydrogen) atoms. The summed E-state index contributed by atoms with van der Waals surface area (Å²) in [6, 6.07) is 0. The molecule has 0 saturated heterocycles. The van der Waals surface area contributed by atoms with Crippen LogP contribution in [0.1, 0.15) is 0 Å². The van der Waals surface area contributed by atoms with Crippen LogP contribution in [-0.2, 0) is 20.4 Å². The average Bonchev–Trinajstić information content (AvgIpc) is 0. The third-order valence-electron chi connectivity index (χ3n) is 0. The second-order valence-electron chi connectivity index (χ2n) is 0. The minimum atomic E-state index is 0. The Labute approximate surface area is 71.8 Å². The van der Waals surface area contributed by atoms with Crippen LogP contribution >= 0.6 is 0 Å². The molecule has 0 radical (unpaired) electrons. The Kier molecular flexibility index (Phi) is 158. The Hall–Kier alpha value is 2.26. The van der Waals surface area contributed by atoms with Crippen molar-refractivity contribution in [2.45, 2.75) is 0 Å². The van der Waals surface area contributed by atoms with E-state index in [0.717, 1.165) is 0 Å². The maximum absolute atomic E-state index is 0. The summed E-state index contributed by atoms with van der Waals surface area (Å²) in [5.74, 6) is 0. The van der Waals surface area contributed by atoms with Gasteiger partial charge in [-0.2, -0.15) is 0 Å². The van der Waals surface area contributed by atoms with Crippen LogP contribution in [0.5, 0.6) is 0 Å². The summed E-state index contributed by atoms with van der Waals surface area (Å²) in [5, 5.41) is 0. The van der Waals surface area contributed by atoms with Gasteiger partial charge < -0.3 is 0 Å². The minimum absolute atomic E-state index is 0. The largest absolute Gasteiger partial charge is 0.187 e. The van der Waals surface area contributed by atoms with Crippen LogP contribution in [0.15, 0.2) is 0 Å². The first-order chi connectivity index (χ1) is 0. The molecule has 0 aromatic rings. The van der Waals surface area contributed by atoms with Crippen molar-refractivity contribution >= 4 is 52.1 Å². The average molecular weight is 196 g/mol. The van der Waals surface area contributed by atoms with Gasteiger partial charge in [-0.3, -0.25) is 0 Å². The molecular weight excluding hydrogens is 187 g/mol. The molecule has 28 valence electrons. The monoisotopic (exact) mass is 196 g/mol. The van der Waals surface area contributed by atoms with Crippen LogP contribution in [-0.4, -0.2) is 52.1 Å². The van der Waals surface area contributed by atoms with Gasteiger partial charge in [0.15, 0.2) is 52.1 Å². The standard InChI is InChI=1S/3Al.Pd.9H. The molecule has 0 amide bonds. The van der Waals surface area contributed by atoms with E-state index in [9.17, 15) is 0 Å². The van der Waals surface area contributed by atoms with E-state index in [1.54, 1.807) is 0 Å². The summed E-state index contributed by atoms with van der Waals surface area (Å²) < 4.78 is 0. The maximum Gasteiger partial charge on any atom is 0.187 e. The molecular formula is H9Al3Pd. The third-order valence-corrected chi connectivity index (χ3v) is 0. The van der Waals surface area contributed by atoms with Crippen LogP contribution in [0.4, 0.5) is 0 Å². The van der Waals surface area contributed by atoms with E-state index < -0.39 is 0 Å². The first kappa shape index (κ1) is 33.9. The quantitative estimate of drug-likeness (QED) is 0.352. The molecule has 0 rings (SSSR count). The van der Waals surface area contributed by atoms with E-state index in [0.29, 0.717) is 0 Å². The van der Waals surface area contributed by atoms with Gasteiger partial charge in [0.1, 0.15) is 0 Å². The Morgan fingerprint density at radius 2 is 0.500 bits per heavy atom. The number of hydrogen-bond donors (Lipinski definition) is 0. The van der Waals surface area contributed by atoms with Gasteiger partial charge in [-0.1, -0.05) is 0 Å². The van der Waals surface area contributed by atoms with Crippen molar-refractivity contribution in [2.75, 3.05) is 0 Å². The SMILES string of the molecule is [AlH3].[AlH3].[AlH3].[Pd]. The summed E-state index contributed by atoms with van der Waals surface area (Å²) in [4.78, 5) is 0. The molecule has 0 aliphatic rings. The molecule has 0 N–H and O–H groups in total. The first-order valence-electron chi connectivity index (χ1n) is 0. The van der Waals surface area contributed by atoms with Gasteiger partial charge in [0.2, 0.25) is 0 Å². The molecule has 0 atom stereocenters. The van der Waals surface area contributed by atoms with E-state index >= 15 is 0 Å². The Morgan fingerprint density at radius 3 is 0.500 bits per heavy atom. The summed E-state index contributed by atoms with van der Waals surface area (Å²) in [6.45, 7) is 0. The van der Waals surface area contributed by atoms with Crippen LogP contribution in [0.25, 0.3) is 0 Å². The minimum Gasteiger partial charge on any atom is 0 e. The second kappa shape index (κ2) is 18.7. The smallest absolute Gasteiger partial charge is 0 e. The number of rotatable bonds is 0. The summed E-state index contributed by atoms with van der Waals surface area (Å²) in [6.07, 6.45) is 0. The van der Waals surface area contributed by atoms with Gasteiger partial charge in [0, 0.05) is 20.4 Å². The van der Waals surface area contributed by atoms with Crippen LogP contribution in [0.2, 0.25) is 0 Å². The van der Waals surface area contributed by atoms with Crippen molar-refractivity contribution in [3.63, 3.8) is 0 Å². The van der Waals surface area contributed by atoms with Crippen molar-refractivity contribution in [3.05, 3.63) is 0 Å². The summed E-state index contributed by atoms with van der Waals surface area (Å²) in [7, 11) is 0. The topological polar surface area (TPSA) is 0 Å². The second-order valence-corrected chi connectivity index (χ2v) is 0. The molecule has 0 aromatic heterocycles. The van der Waals surface area contributed by atoms with Gasteiger partial charge >= 0.3 is 0 Å². The van der Waals surface area contributed by atoms with Gasteiger partial charge in [-0.05, 0) is 0 Å². The predicted octanol–water partition coefficient (Wildman–Crippen LogP) is -3.55. The molecule has 0 unspecified atom stereocenters. The first-order valence-corrected chi connectivity index (χ1v) is 0. The molecule has 0 saturated carbocycles. The summed E-state index contributed by atoms with van der Waals surface area (Å²) in [5.41, 5.74) is 0. The van der Waals surface area contributed by atoms with E-state index in [2.05, 4.69) is 0 Å². The molecule has 0 aromatic carbocycles. The van der Waals surface area contributed by atoms with Crippen molar-refractivity contribution in [1.82, 2.24) is 0 Å². The van der Waals surface area contributed by atoms with E-state index in [1.807, 2.05) is 0 Å². The van der Waals surface area contributed by atoms with Crippen molar-refractivity contribution < 1.29 is 20.4 Å². The third kappa shape index (κ3) is 8.86. The molecule has 0 heterocycles. The molecule has 0 bridgehead atoms. The van der Waals surface area contributed by atoms with Gasteiger partial charge in [-0.25, -0.2) is 0 Å². The number of hydrogen-bond acceptors (Lipinski definition) is 0. The molecule has 0 aliphatic heterocycles. The van der Waals surface area contributed by atoms with E-state index in [1.165, 1.54) is 0 Å². The van der Waals surface area contributed by atoms with Crippen LogP contribution in [0.3, 0.4) is 0 Å². The fourth-order valence-electron chi connectivity index (χ4n) is 0. The fraction of sp³-hybridized carbons (Fsp3) is 0. The van der Waals surface area contributed by atoms with Crippen molar-refractivity contribution in [3.8, 4) is 0 Å². The van der Waals surface area contributed by atoms with Crippen LogP contribution < -0.4 is 0 Å². The van der Waals surface area contributed by atoms with Gasteiger partial charge in [0.05, 0.1) is 0 Å². The van der Waals surface area contributed by atoms with Gasteiger partial charge in [0.25, 0.3) is 0 Å². The van der Waals surface area contributed by atoms with Gasteiger partial charge in [-0.15, -0.1) is 0 Å². The molecule has 0 fully saturated rings. The van der Waals surface area contributed by atoms with E-state index in [4.69, 9.17) is 0 Å². The van der Waals surface area contributed by atoms with Crippen molar-refractivity contribution in [1.29, 1.82) is 0 Å². The Balaban J connectivity index is 0. The van der Waals surface area contributed by atoms with E-state index in [-0.39, 0.29) is 72.5 Å². The normalized spacial score (nSPS) is 0. The molecule has 0 aliphatic carbocycles. The zero-order chi connectivity index (χ0) is 0. The fourth-order valence-corrected chi connectivity index (χ4v) is 0.